The average Bonchev–Trinajstić information content (AvgIpc) is 2.46. The number of ether oxygens (including phenoxy) is 2. The van der Waals surface area contributed by atoms with E-state index in [2.05, 4.69) is 0 Å². The monoisotopic (exact) mass is 312 g/mol. The maximum atomic E-state index is 10.5. The standard InChI is InChI=1S/C15H14Cl2O3/c1-19-10-4-6-11(13(17)8-10)15(18)12-5-3-9(16)7-14(12)20-2/h3-8,15,18H,1-2H3. The molecular formula is C15H14Cl2O3. The molecule has 0 aromatic heterocycles. The minimum absolute atomic E-state index is 0.425. The van der Waals surface area contributed by atoms with Crippen molar-refractivity contribution < 1.29 is 14.6 Å². The third-order valence-corrected chi connectivity index (χ3v) is 3.55. The van der Waals surface area contributed by atoms with E-state index in [-0.39, 0.29) is 0 Å². The van der Waals surface area contributed by atoms with Crippen LogP contribution in [0.3, 0.4) is 0 Å². The molecule has 2 aromatic rings. The zero-order valence-corrected chi connectivity index (χ0v) is 12.6. The van der Waals surface area contributed by atoms with Crippen LogP contribution in [0.15, 0.2) is 36.4 Å². The van der Waals surface area contributed by atoms with Crippen LogP contribution in [0, 0.1) is 0 Å². The van der Waals surface area contributed by atoms with Crippen molar-refractivity contribution >= 4 is 23.2 Å². The SMILES string of the molecule is COc1ccc(C(O)c2ccc(Cl)cc2OC)c(Cl)c1. The second-order valence-corrected chi connectivity index (χ2v) is 5.02. The average molecular weight is 313 g/mol. The van der Waals surface area contributed by atoms with Gasteiger partial charge in [0.2, 0.25) is 0 Å². The fourth-order valence-electron chi connectivity index (χ4n) is 1.93. The maximum Gasteiger partial charge on any atom is 0.126 e. The number of benzene rings is 2. The fraction of sp³-hybridized carbons (Fsp3) is 0.200. The summed E-state index contributed by atoms with van der Waals surface area (Å²) < 4.78 is 10.3. The first-order valence-electron chi connectivity index (χ1n) is 5.91. The highest BCUT2D eigenvalue weighted by Gasteiger charge is 2.18. The highest BCUT2D eigenvalue weighted by atomic mass is 35.5. The topological polar surface area (TPSA) is 38.7 Å². The maximum absolute atomic E-state index is 10.5. The Hall–Kier alpha value is -1.42. The molecule has 0 aliphatic carbocycles. The molecule has 0 spiro atoms. The van der Waals surface area contributed by atoms with E-state index >= 15 is 0 Å². The molecule has 3 nitrogen and oxygen atoms in total. The molecule has 0 radical (unpaired) electrons. The molecule has 0 aliphatic heterocycles. The zero-order valence-electron chi connectivity index (χ0n) is 11.1. The first kappa shape index (κ1) is 15.0. The second-order valence-electron chi connectivity index (χ2n) is 4.18. The molecular weight excluding hydrogens is 299 g/mol. The van der Waals surface area contributed by atoms with Gasteiger partial charge in [0, 0.05) is 16.1 Å². The van der Waals surface area contributed by atoms with Gasteiger partial charge in [0.1, 0.15) is 17.6 Å². The molecule has 1 unspecified atom stereocenters. The molecule has 20 heavy (non-hydrogen) atoms. The van der Waals surface area contributed by atoms with Crippen LogP contribution in [-0.4, -0.2) is 19.3 Å². The Morgan fingerprint density at radius 1 is 0.950 bits per heavy atom. The number of methoxy groups -OCH3 is 2. The quantitative estimate of drug-likeness (QED) is 0.924. The van der Waals surface area contributed by atoms with Gasteiger partial charge in [0.15, 0.2) is 0 Å². The summed E-state index contributed by atoms with van der Waals surface area (Å²) >= 11 is 12.1. The summed E-state index contributed by atoms with van der Waals surface area (Å²) in [5.74, 6) is 1.14. The van der Waals surface area contributed by atoms with Crippen molar-refractivity contribution in [1.82, 2.24) is 0 Å². The van der Waals surface area contributed by atoms with Gasteiger partial charge < -0.3 is 14.6 Å². The van der Waals surface area contributed by atoms with Crippen molar-refractivity contribution in [2.24, 2.45) is 0 Å². The van der Waals surface area contributed by atoms with Crippen molar-refractivity contribution in [1.29, 1.82) is 0 Å². The number of hydrogen-bond acceptors (Lipinski definition) is 3. The Bertz CT molecular complexity index is 614. The lowest BCUT2D eigenvalue weighted by atomic mass is 10.0. The molecule has 0 fully saturated rings. The van der Waals surface area contributed by atoms with Gasteiger partial charge in [-0.3, -0.25) is 0 Å². The van der Waals surface area contributed by atoms with Gasteiger partial charge in [-0.05, 0) is 24.3 Å². The number of rotatable bonds is 4. The second kappa shape index (κ2) is 6.35. The van der Waals surface area contributed by atoms with E-state index < -0.39 is 6.10 Å². The van der Waals surface area contributed by atoms with Crippen LogP contribution in [0.1, 0.15) is 17.2 Å². The molecule has 0 bridgehead atoms. The molecule has 106 valence electrons. The van der Waals surface area contributed by atoms with Crippen LogP contribution < -0.4 is 9.47 Å². The van der Waals surface area contributed by atoms with E-state index in [1.54, 1.807) is 43.5 Å². The molecule has 5 heteroatoms. The van der Waals surface area contributed by atoms with E-state index in [1.165, 1.54) is 7.11 Å². The van der Waals surface area contributed by atoms with Gasteiger partial charge >= 0.3 is 0 Å². The minimum atomic E-state index is -0.902. The molecule has 0 saturated heterocycles. The Morgan fingerprint density at radius 2 is 1.65 bits per heavy atom. The largest absolute Gasteiger partial charge is 0.497 e. The van der Waals surface area contributed by atoms with Crippen molar-refractivity contribution in [3.8, 4) is 11.5 Å². The van der Waals surface area contributed by atoms with Gasteiger partial charge in [0.05, 0.1) is 19.2 Å². The smallest absolute Gasteiger partial charge is 0.126 e. The van der Waals surface area contributed by atoms with E-state index in [9.17, 15) is 5.11 Å². The molecule has 2 rings (SSSR count). The first-order chi connectivity index (χ1) is 9.56. The molecule has 1 atom stereocenters. The number of halogens is 2. The van der Waals surface area contributed by atoms with Gasteiger partial charge in [-0.2, -0.15) is 0 Å². The molecule has 1 N–H and O–H groups in total. The van der Waals surface area contributed by atoms with Crippen LogP contribution >= 0.6 is 23.2 Å². The molecule has 2 aromatic carbocycles. The van der Waals surface area contributed by atoms with Crippen LogP contribution in [0.2, 0.25) is 10.0 Å². The van der Waals surface area contributed by atoms with E-state index in [4.69, 9.17) is 32.7 Å². The van der Waals surface area contributed by atoms with E-state index in [1.807, 2.05) is 0 Å². The molecule has 0 amide bonds. The number of aliphatic hydroxyl groups is 1. The summed E-state index contributed by atoms with van der Waals surface area (Å²) in [5, 5.41) is 11.5. The first-order valence-corrected chi connectivity index (χ1v) is 6.67. The van der Waals surface area contributed by atoms with Crippen LogP contribution in [-0.2, 0) is 0 Å². The summed E-state index contributed by atoms with van der Waals surface area (Å²) in [6, 6.07) is 10.2. The predicted molar refractivity (Wildman–Crippen MR) is 80.1 cm³/mol. The lowest BCUT2D eigenvalue weighted by Gasteiger charge is -2.17. The summed E-state index contributed by atoms with van der Waals surface area (Å²) in [6.45, 7) is 0. The van der Waals surface area contributed by atoms with Crippen LogP contribution in [0.25, 0.3) is 0 Å². The normalized spacial score (nSPS) is 12.1. The van der Waals surface area contributed by atoms with Crippen molar-refractivity contribution in [2.45, 2.75) is 6.10 Å². The lowest BCUT2D eigenvalue weighted by Crippen LogP contribution is -2.03. The van der Waals surface area contributed by atoms with Gasteiger partial charge in [0.25, 0.3) is 0 Å². The Balaban J connectivity index is 2.43. The molecule has 0 aliphatic rings. The Morgan fingerprint density at radius 3 is 2.25 bits per heavy atom. The zero-order chi connectivity index (χ0) is 14.7. The highest BCUT2D eigenvalue weighted by molar-refractivity contribution is 6.31. The highest BCUT2D eigenvalue weighted by Crippen LogP contribution is 2.36. The van der Waals surface area contributed by atoms with E-state index in [0.29, 0.717) is 32.7 Å². The molecule has 0 heterocycles. The summed E-state index contributed by atoms with van der Waals surface area (Å²) in [7, 11) is 3.08. The Kier molecular flexibility index (Phi) is 4.76. The summed E-state index contributed by atoms with van der Waals surface area (Å²) in [5.41, 5.74) is 1.18. The number of aliphatic hydroxyl groups excluding tert-OH is 1. The van der Waals surface area contributed by atoms with Crippen LogP contribution in [0.5, 0.6) is 11.5 Å². The van der Waals surface area contributed by atoms with E-state index in [0.717, 1.165) is 0 Å². The number of hydrogen-bond donors (Lipinski definition) is 1. The fourth-order valence-corrected chi connectivity index (χ4v) is 2.37. The third kappa shape index (κ3) is 3.01. The van der Waals surface area contributed by atoms with Crippen LogP contribution in [0.4, 0.5) is 0 Å². The van der Waals surface area contributed by atoms with Gasteiger partial charge in [-0.25, -0.2) is 0 Å². The Labute approximate surface area is 127 Å². The van der Waals surface area contributed by atoms with Crippen molar-refractivity contribution in [2.75, 3.05) is 14.2 Å². The minimum Gasteiger partial charge on any atom is -0.497 e. The summed E-state index contributed by atoms with van der Waals surface area (Å²) in [6.07, 6.45) is -0.902. The summed E-state index contributed by atoms with van der Waals surface area (Å²) in [4.78, 5) is 0. The lowest BCUT2D eigenvalue weighted by molar-refractivity contribution is 0.214. The van der Waals surface area contributed by atoms with Crippen molar-refractivity contribution in [3.63, 3.8) is 0 Å². The molecule has 0 saturated carbocycles. The van der Waals surface area contributed by atoms with Gasteiger partial charge in [-0.15, -0.1) is 0 Å². The van der Waals surface area contributed by atoms with Crippen molar-refractivity contribution in [3.05, 3.63) is 57.6 Å². The predicted octanol–water partition coefficient (Wildman–Crippen LogP) is 4.09. The third-order valence-electron chi connectivity index (χ3n) is 2.99. The van der Waals surface area contributed by atoms with Gasteiger partial charge in [-0.1, -0.05) is 35.3 Å².